The van der Waals surface area contributed by atoms with Gasteiger partial charge in [-0.05, 0) is 19.1 Å². The van der Waals surface area contributed by atoms with Gasteiger partial charge in [-0.1, -0.05) is 12.1 Å². The topological polar surface area (TPSA) is 40.5 Å². The zero-order valence-electron chi connectivity index (χ0n) is 9.31. The molecule has 0 aromatic heterocycles. The molecule has 0 saturated heterocycles. The standard InChI is InChI=1S/C13H15NO2/c1-3-5-10-14(4-2)12-9-7-6-8-11(12)13(15)16/h1,6-9H,4-5,10H2,2H3,(H,15,16). The van der Waals surface area contributed by atoms with E-state index < -0.39 is 5.97 Å². The predicted molar refractivity (Wildman–Crippen MR) is 64.7 cm³/mol. The van der Waals surface area contributed by atoms with Crippen LogP contribution in [-0.2, 0) is 0 Å². The van der Waals surface area contributed by atoms with E-state index in [4.69, 9.17) is 11.5 Å². The van der Waals surface area contributed by atoms with Gasteiger partial charge in [-0.25, -0.2) is 4.79 Å². The first-order valence-corrected chi connectivity index (χ1v) is 5.21. The summed E-state index contributed by atoms with van der Waals surface area (Å²) in [5.74, 6) is 1.65. The lowest BCUT2D eigenvalue weighted by atomic mass is 10.1. The Morgan fingerprint density at radius 2 is 2.19 bits per heavy atom. The summed E-state index contributed by atoms with van der Waals surface area (Å²) in [6, 6.07) is 6.97. The van der Waals surface area contributed by atoms with E-state index in [1.54, 1.807) is 12.1 Å². The van der Waals surface area contributed by atoms with Gasteiger partial charge in [0, 0.05) is 19.5 Å². The molecule has 0 aliphatic carbocycles. The van der Waals surface area contributed by atoms with Gasteiger partial charge >= 0.3 is 5.97 Å². The zero-order valence-corrected chi connectivity index (χ0v) is 9.31. The molecule has 1 rings (SSSR count). The van der Waals surface area contributed by atoms with Crippen LogP contribution in [0.25, 0.3) is 0 Å². The van der Waals surface area contributed by atoms with Crippen molar-refractivity contribution < 1.29 is 9.90 Å². The second-order valence-electron chi connectivity index (χ2n) is 3.36. The van der Waals surface area contributed by atoms with E-state index in [0.717, 1.165) is 12.2 Å². The fraction of sp³-hybridized carbons (Fsp3) is 0.308. The molecule has 3 nitrogen and oxygen atoms in total. The average Bonchev–Trinajstić information content (AvgIpc) is 2.30. The monoisotopic (exact) mass is 217 g/mol. The van der Waals surface area contributed by atoms with Gasteiger partial charge in [0.15, 0.2) is 0 Å². The molecule has 0 spiro atoms. The minimum atomic E-state index is -0.908. The van der Waals surface area contributed by atoms with Crippen molar-refractivity contribution in [1.29, 1.82) is 0 Å². The van der Waals surface area contributed by atoms with Gasteiger partial charge in [-0.15, -0.1) is 12.3 Å². The highest BCUT2D eigenvalue weighted by Gasteiger charge is 2.13. The molecular weight excluding hydrogens is 202 g/mol. The minimum Gasteiger partial charge on any atom is -0.478 e. The van der Waals surface area contributed by atoms with Gasteiger partial charge in [-0.3, -0.25) is 0 Å². The highest BCUT2D eigenvalue weighted by atomic mass is 16.4. The molecule has 0 unspecified atom stereocenters. The molecule has 84 valence electrons. The van der Waals surface area contributed by atoms with Gasteiger partial charge in [0.25, 0.3) is 0 Å². The number of rotatable bonds is 5. The van der Waals surface area contributed by atoms with Crippen LogP contribution in [0, 0.1) is 12.3 Å². The highest BCUT2D eigenvalue weighted by Crippen LogP contribution is 2.20. The summed E-state index contributed by atoms with van der Waals surface area (Å²) in [6.07, 6.45) is 5.83. The highest BCUT2D eigenvalue weighted by molar-refractivity contribution is 5.94. The summed E-state index contributed by atoms with van der Waals surface area (Å²) < 4.78 is 0. The Kier molecular flexibility index (Phi) is 4.41. The van der Waals surface area contributed by atoms with E-state index in [1.165, 1.54) is 0 Å². The van der Waals surface area contributed by atoms with Crippen molar-refractivity contribution in [2.75, 3.05) is 18.0 Å². The van der Waals surface area contributed by atoms with Crippen LogP contribution in [0.1, 0.15) is 23.7 Å². The lowest BCUT2D eigenvalue weighted by Gasteiger charge is -2.23. The van der Waals surface area contributed by atoms with Crippen molar-refractivity contribution >= 4 is 11.7 Å². The second-order valence-corrected chi connectivity index (χ2v) is 3.36. The number of anilines is 1. The van der Waals surface area contributed by atoms with Gasteiger partial charge in [0.05, 0.1) is 11.3 Å². The number of benzene rings is 1. The van der Waals surface area contributed by atoms with Gasteiger partial charge in [0.1, 0.15) is 0 Å². The molecule has 0 aliphatic rings. The number of carbonyl (C=O) groups is 1. The SMILES string of the molecule is C#CCCN(CC)c1ccccc1C(=O)O. The fourth-order valence-corrected chi connectivity index (χ4v) is 1.58. The van der Waals surface area contributed by atoms with E-state index in [0.29, 0.717) is 18.5 Å². The van der Waals surface area contributed by atoms with Gasteiger partial charge < -0.3 is 10.0 Å². The maximum absolute atomic E-state index is 11.0. The molecule has 1 aromatic rings. The molecule has 0 aliphatic heterocycles. The van der Waals surface area contributed by atoms with Crippen LogP contribution >= 0.6 is 0 Å². The molecule has 0 atom stereocenters. The molecule has 0 saturated carbocycles. The number of aromatic carboxylic acids is 1. The molecular formula is C13H15NO2. The lowest BCUT2D eigenvalue weighted by Crippen LogP contribution is -2.25. The Labute approximate surface area is 95.7 Å². The fourth-order valence-electron chi connectivity index (χ4n) is 1.58. The molecule has 0 radical (unpaired) electrons. The van der Waals surface area contributed by atoms with Gasteiger partial charge in [-0.2, -0.15) is 0 Å². The molecule has 0 fully saturated rings. The summed E-state index contributed by atoms with van der Waals surface area (Å²) in [5, 5.41) is 9.07. The number of nitrogens with zero attached hydrogens (tertiary/aromatic N) is 1. The van der Waals surface area contributed by atoms with Crippen LogP contribution in [0.15, 0.2) is 24.3 Å². The smallest absolute Gasteiger partial charge is 0.337 e. The molecule has 1 aromatic carbocycles. The summed E-state index contributed by atoms with van der Waals surface area (Å²) in [7, 11) is 0. The number of carboxylic acids is 1. The normalized spacial score (nSPS) is 9.50. The second kappa shape index (κ2) is 5.82. The third-order valence-electron chi connectivity index (χ3n) is 2.38. The molecule has 0 heterocycles. The Bertz CT molecular complexity index is 407. The summed E-state index contributed by atoms with van der Waals surface area (Å²) in [4.78, 5) is 13.0. The number of terminal acetylenes is 1. The zero-order chi connectivity index (χ0) is 12.0. The van der Waals surface area contributed by atoms with E-state index in [-0.39, 0.29) is 0 Å². The van der Waals surface area contributed by atoms with Crippen molar-refractivity contribution in [2.45, 2.75) is 13.3 Å². The van der Waals surface area contributed by atoms with Crippen molar-refractivity contribution in [3.8, 4) is 12.3 Å². The number of carboxylic acid groups (broad SMARTS) is 1. The van der Waals surface area contributed by atoms with Crippen molar-refractivity contribution in [1.82, 2.24) is 0 Å². The Balaban J connectivity index is 3.00. The van der Waals surface area contributed by atoms with E-state index in [1.807, 2.05) is 24.0 Å². The van der Waals surface area contributed by atoms with Crippen LogP contribution in [0.3, 0.4) is 0 Å². The predicted octanol–water partition coefficient (Wildman–Crippen LogP) is 2.23. The van der Waals surface area contributed by atoms with Crippen LogP contribution < -0.4 is 4.90 Å². The number of para-hydroxylation sites is 1. The molecule has 1 N–H and O–H groups in total. The minimum absolute atomic E-state index is 0.321. The maximum Gasteiger partial charge on any atom is 0.337 e. The maximum atomic E-state index is 11.0. The summed E-state index contributed by atoms with van der Waals surface area (Å²) in [5.41, 5.74) is 1.05. The van der Waals surface area contributed by atoms with Crippen molar-refractivity contribution in [3.63, 3.8) is 0 Å². The third-order valence-corrected chi connectivity index (χ3v) is 2.38. The first kappa shape index (κ1) is 12.1. The quantitative estimate of drug-likeness (QED) is 0.769. The van der Waals surface area contributed by atoms with Crippen LogP contribution in [0.2, 0.25) is 0 Å². The molecule has 16 heavy (non-hydrogen) atoms. The average molecular weight is 217 g/mol. The number of hydrogen-bond donors (Lipinski definition) is 1. The lowest BCUT2D eigenvalue weighted by molar-refractivity contribution is 0.0697. The first-order chi connectivity index (χ1) is 7.70. The number of hydrogen-bond acceptors (Lipinski definition) is 2. The third kappa shape index (κ3) is 2.77. The molecule has 3 heteroatoms. The summed E-state index contributed by atoms with van der Waals surface area (Å²) in [6.45, 7) is 3.40. The van der Waals surface area contributed by atoms with Crippen LogP contribution in [0.5, 0.6) is 0 Å². The van der Waals surface area contributed by atoms with E-state index in [9.17, 15) is 4.79 Å². The largest absolute Gasteiger partial charge is 0.478 e. The Morgan fingerprint density at radius 1 is 1.50 bits per heavy atom. The van der Waals surface area contributed by atoms with Crippen LogP contribution in [0.4, 0.5) is 5.69 Å². The van der Waals surface area contributed by atoms with E-state index in [2.05, 4.69) is 5.92 Å². The Hall–Kier alpha value is -1.95. The van der Waals surface area contributed by atoms with Crippen molar-refractivity contribution in [3.05, 3.63) is 29.8 Å². The van der Waals surface area contributed by atoms with Crippen molar-refractivity contribution in [2.24, 2.45) is 0 Å². The van der Waals surface area contributed by atoms with E-state index >= 15 is 0 Å². The molecule has 0 amide bonds. The molecule has 0 bridgehead atoms. The first-order valence-electron chi connectivity index (χ1n) is 5.21. The Morgan fingerprint density at radius 3 is 2.75 bits per heavy atom. The summed E-state index contributed by atoms with van der Waals surface area (Å²) >= 11 is 0. The van der Waals surface area contributed by atoms with Gasteiger partial charge in [0.2, 0.25) is 0 Å². The van der Waals surface area contributed by atoms with Crippen LogP contribution in [-0.4, -0.2) is 24.2 Å².